The maximum absolute atomic E-state index is 11.8. The minimum Gasteiger partial charge on any atom is -0.461 e. The Morgan fingerprint density at radius 1 is 1.10 bits per heavy atom. The monoisotopic (exact) mass is 426 g/mol. The molecule has 7 nitrogen and oxygen atoms in total. The number of amides is 1. The van der Waals surface area contributed by atoms with Crippen molar-refractivity contribution in [3.05, 3.63) is 35.9 Å². The molecule has 0 saturated heterocycles. The van der Waals surface area contributed by atoms with Crippen LogP contribution in [-0.2, 0) is 30.5 Å². The van der Waals surface area contributed by atoms with Gasteiger partial charge in [0.1, 0.15) is 12.9 Å². The Labute approximate surface area is 166 Å². The number of halogens is 4. The fourth-order valence-electron chi connectivity index (χ4n) is 1.97. The molecule has 0 fully saturated rings. The summed E-state index contributed by atoms with van der Waals surface area (Å²) in [5, 5.41) is 2.69. The third kappa shape index (κ3) is 17.3. The molecule has 1 amide bonds. The van der Waals surface area contributed by atoms with Crippen molar-refractivity contribution in [1.29, 1.82) is 0 Å². The van der Waals surface area contributed by atoms with Crippen LogP contribution in [0.15, 0.2) is 30.3 Å². The number of rotatable bonds is 13. The van der Waals surface area contributed by atoms with Crippen molar-refractivity contribution in [1.82, 2.24) is 5.32 Å². The first kappa shape index (κ1) is 28.7. The van der Waals surface area contributed by atoms with E-state index in [0.29, 0.717) is 32.6 Å². The quantitative estimate of drug-likeness (QED) is 0.217. The fraction of sp³-hybridized carbons (Fsp3) is 0.500. The number of benzene rings is 1. The summed E-state index contributed by atoms with van der Waals surface area (Å²) in [6.45, 7) is 1.51. The van der Waals surface area contributed by atoms with Gasteiger partial charge >= 0.3 is 5.97 Å². The van der Waals surface area contributed by atoms with Crippen molar-refractivity contribution in [3.63, 3.8) is 0 Å². The van der Waals surface area contributed by atoms with E-state index < -0.39 is 6.04 Å². The third-order valence-electron chi connectivity index (χ3n) is 3.38. The minimum absolute atomic E-state index is 0.0935. The van der Waals surface area contributed by atoms with Gasteiger partial charge < -0.3 is 25.3 Å². The predicted molar refractivity (Wildman–Crippen MR) is 97.0 cm³/mol. The highest BCUT2D eigenvalue weighted by atomic mass is 20.0. The summed E-state index contributed by atoms with van der Waals surface area (Å²) in [5.74, 6) is -0.681. The van der Waals surface area contributed by atoms with E-state index in [2.05, 4.69) is 5.32 Å². The highest BCUT2D eigenvalue weighted by Gasteiger charge is 2.15. The Bertz CT molecular complexity index is 538. The first-order valence-corrected chi connectivity index (χ1v) is 8.66. The number of nitrogens with two attached hydrogens (primary N) is 1. The molecule has 0 aliphatic heterocycles. The lowest BCUT2D eigenvalue weighted by atomic mass is 10.1. The Hall–Kier alpha value is -2.53. The van der Waals surface area contributed by atoms with Crippen LogP contribution >= 0.6 is 0 Å². The van der Waals surface area contributed by atoms with Crippen LogP contribution in [-0.4, -0.2) is 44.0 Å². The number of nitrogens with one attached hydrogen (secondary N) is 1. The summed E-state index contributed by atoms with van der Waals surface area (Å²) in [4.78, 5) is 33.6. The van der Waals surface area contributed by atoms with E-state index in [4.69, 9.17) is 33.5 Å². The van der Waals surface area contributed by atoms with Gasteiger partial charge in [0, 0.05) is 44.3 Å². The molecule has 0 heterocycles. The smallest absolute Gasteiger partial charge is 0.306 e. The second kappa shape index (κ2) is 21.8. The zero-order valence-electron chi connectivity index (χ0n) is 15.8. The zero-order chi connectivity index (χ0) is 22.3. The van der Waals surface area contributed by atoms with Gasteiger partial charge in [0.05, 0.1) is 12.6 Å². The van der Waals surface area contributed by atoms with Crippen molar-refractivity contribution >= 4 is 18.2 Å². The molecule has 0 aliphatic carbocycles. The fourth-order valence-corrected chi connectivity index (χ4v) is 1.97. The minimum atomic E-state index is -0.750. The van der Waals surface area contributed by atoms with E-state index in [-0.39, 0.29) is 31.3 Å². The molecule has 0 aliphatic rings. The van der Waals surface area contributed by atoms with E-state index in [1.165, 1.54) is 0 Å². The van der Waals surface area contributed by atoms with Crippen molar-refractivity contribution < 1.29 is 42.2 Å². The molecule has 166 valence electrons. The average molecular weight is 426 g/mol. The van der Waals surface area contributed by atoms with Gasteiger partial charge in [0.25, 0.3) is 0 Å². The van der Waals surface area contributed by atoms with E-state index in [9.17, 15) is 14.4 Å². The summed E-state index contributed by atoms with van der Waals surface area (Å²) in [6.07, 6.45) is 2.13. The summed E-state index contributed by atoms with van der Waals surface area (Å²) < 4.78 is 42.3. The summed E-state index contributed by atoms with van der Waals surface area (Å²) >= 11 is 0. The molecule has 11 heteroatoms. The highest BCUT2D eigenvalue weighted by molar-refractivity contribution is 5.82. The van der Waals surface area contributed by atoms with Crippen LogP contribution in [0, 0.1) is 0 Å². The Morgan fingerprint density at radius 3 is 2.38 bits per heavy atom. The van der Waals surface area contributed by atoms with Crippen molar-refractivity contribution in [2.75, 3.05) is 19.8 Å². The molecule has 1 aromatic carbocycles. The SMILES string of the molecule is FF.FF.NC(CCC(=O)OCc1ccccc1)C(=O)NCCCOCCC=O. The van der Waals surface area contributed by atoms with Crippen LogP contribution in [0.2, 0.25) is 0 Å². The molecule has 1 unspecified atom stereocenters. The van der Waals surface area contributed by atoms with Crippen molar-refractivity contribution in [2.24, 2.45) is 5.73 Å². The van der Waals surface area contributed by atoms with Gasteiger partial charge in [-0.25, -0.2) is 0 Å². The number of carbonyl (C=O) groups excluding carboxylic acids is 3. The largest absolute Gasteiger partial charge is 0.461 e. The van der Waals surface area contributed by atoms with Gasteiger partial charge in [-0.3, -0.25) is 9.59 Å². The number of aldehydes is 1. The lowest BCUT2D eigenvalue weighted by Crippen LogP contribution is -2.41. The normalized spacial score (nSPS) is 10.4. The van der Waals surface area contributed by atoms with E-state index in [1.54, 1.807) is 0 Å². The highest BCUT2D eigenvalue weighted by Crippen LogP contribution is 2.03. The Balaban J connectivity index is 0. The Morgan fingerprint density at radius 2 is 1.76 bits per heavy atom. The molecular formula is C18H26F4N2O5. The zero-order valence-corrected chi connectivity index (χ0v) is 15.8. The van der Waals surface area contributed by atoms with Gasteiger partial charge in [-0.15, -0.1) is 0 Å². The van der Waals surface area contributed by atoms with Gasteiger partial charge in [-0.05, 0) is 18.4 Å². The summed E-state index contributed by atoms with van der Waals surface area (Å²) in [5.41, 5.74) is 6.67. The summed E-state index contributed by atoms with van der Waals surface area (Å²) in [7, 11) is 0. The number of esters is 1. The maximum Gasteiger partial charge on any atom is 0.306 e. The second-order valence-electron chi connectivity index (χ2n) is 5.50. The molecule has 1 atom stereocenters. The predicted octanol–water partition coefficient (Wildman–Crippen LogP) is 2.63. The van der Waals surface area contributed by atoms with E-state index in [1.807, 2.05) is 30.3 Å². The third-order valence-corrected chi connectivity index (χ3v) is 3.38. The molecular weight excluding hydrogens is 400 g/mol. The topological polar surface area (TPSA) is 108 Å². The second-order valence-corrected chi connectivity index (χ2v) is 5.50. The molecule has 1 aromatic rings. The molecule has 0 aromatic heterocycles. The van der Waals surface area contributed by atoms with Gasteiger partial charge in [-0.2, -0.15) is 0 Å². The van der Waals surface area contributed by atoms with Crippen LogP contribution in [0.25, 0.3) is 0 Å². The number of hydrogen-bond donors (Lipinski definition) is 2. The van der Waals surface area contributed by atoms with E-state index >= 15 is 0 Å². The van der Waals surface area contributed by atoms with Gasteiger partial charge in [-0.1, -0.05) is 30.3 Å². The molecule has 3 N–H and O–H groups in total. The number of hydrogen-bond acceptors (Lipinski definition) is 6. The standard InChI is InChI=1S/C18H26N2O5.2F2/c19-16(18(23)20-10-4-12-24-13-5-11-21)8-9-17(22)25-14-15-6-2-1-3-7-15;2*1-2/h1-3,6-7,11,16H,4-5,8-10,12-14,19H2,(H,20,23);;. The van der Waals surface area contributed by atoms with E-state index in [0.717, 1.165) is 11.8 Å². The number of carbonyl (C=O) groups is 3. The first-order valence-electron chi connectivity index (χ1n) is 8.66. The lowest BCUT2D eigenvalue weighted by Gasteiger charge is -2.12. The van der Waals surface area contributed by atoms with Crippen LogP contribution in [0.1, 0.15) is 31.2 Å². The molecule has 1 rings (SSSR count). The van der Waals surface area contributed by atoms with Crippen LogP contribution in [0.4, 0.5) is 18.3 Å². The first-order chi connectivity index (χ1) is 14.1. The average Bonchev–Trinajstić information content (AvgIpc) is 2.78. The number of ether oxygens (including phenoxy) is 2. The molecule has 0 spiro atoms. The summed E-state index contributed by atoms with van der Waals surface area (Å²) in [6, 6.07) is 8.62. The van der Waals surface area contributed by atoms with Gasteiger partial charge in [0.2, 0.25) is 5.91 Å². The maximum atomic E-state index is 11.8. The molecule has 0 radical (unpaired) electrons. The Kier molecular flexibility index (Phi) is 21.5. The lowest BCUT2D eigenvalue weighted by molar-refractivity contribution is -0.145. The van der Waals surface area contributed by atoms with Crippen LogP contribution in [0.3, 0.4) is 0 Å². The molecule has 0 bridgehead atoms. The molecule has 0 saturated carbocycles. The van der Waals surface area contributed by atoms with Gasteiger partial charge in [0.15, 0.2) is 0 Å². The van der Waals surface area contributed by atoms with Crippen molar-refractivity contribution in [2.45, 2.75) is 38.3 Å². The van der Waals surface area contributed by atoms with Crippen LogP contribution in [0.5, 0.6) is 0 Å². The molecule has 29 heavy (non-hydrogen) atoms. The van der Waals surface area contributed by atoms with Crippen LogP contribution < -0.4 is 11.1 Å². The van der Waals surface area contributed by atoms with Crippen molar-refractivity contribution in [3.8, 4) is 0 Å².